The van der Waals surface area contributed by atoms with Gasteiger partial charge in [-0.1, -0.05) is 0 Å². The van der Waals surface area contributed by atoms with Gasteiger partial charge in [-0.25, -0.2) is 13.2 Å². The Hall–Kier alpha value is -1.32. The maximum Gasteiger partial charge on any atom is 0.194 e. The number of halogens is 3. The zero-order chi connectivity index (χ0) is 10.9. The molecular weight excluding hydrogens is 193 g/mol. The van der Waals surface area contributed by atoms with Gasteiger partial charge in [-0.05, 0) is 31.5 Å². The van der Waals surface area contributed by atoms with E-state index in [9.17, 15) is 18.0 Å². The Kier molecular flexibility index (Phi) is 2.64. The third-order valence-corrected chi connectivity index (χ3v) is 2.02. The summed E-state index contributed by atoms with van der Waals surface area (Å²) in [5.41, 5.74) is -0.904. The fourth-order valence-corrected chi connectivity index (χ4v) is 0.996. The molecule has 76 valence electrons. The fraction of sp³-hybridized carbons (Fsp3) is 0.300. The fourth-order valence-electron chi connectivity index (χ4n) is 0.996. The van der Waals surface area contributed by atoms with Crippen molar-refractivity contribution in [1.82, 2.24) is 0 Å². The van der Waals surface area contributed by atoms with Gasteiger partial charge in [0.2, 0.25) is 0 Å². The van der Waals surface area contributed by atoms with Crippen molar-refractivity contribution in [3.8, 4) is 0 Å². The number of hydrogen-bond donors (Lipinski definition) is 0. The largest absolute Gasteiger partial charge is 0.302 e. The quantitative estimate of drug-likeness (QED) is 0.532. The third-order valence-electron chi connectivity index (χ3n) is 2.02. The molecule has 0 saturated carbocycles. The molecule has 1 aromatic rings. The molecule has 0 aromatic heterocycles. The molecule has 1 nitrogen and oxygen atoms in total. The van der Waals surface area contributed by atoms with Crippen molar-refractivity contribution in [1.29, 1.82) is 0 Å². The van der Waals surface area contributed by atoms with E-state index in [1.165, 1.54) is 13.8 Å². The van der Waals surface area contributed by atoms with Crippen LogP contribution < -0.4 is 0 Å². The SMILES string of the molecule is CC(C)(C=O)c1cc(F)c(F)c(F)c1. The highest BCUT2D eigenvalue weighted by Crippen LogP contribution is 2.24. The van der Waals surface area contributed by atoms with Gasteiger partial charge >= 0.3 is 0 Å². The van der Waals surface area contributed by atoms with Gasteiger partial charge in [0.1, 0.15) is 6.29 Å². The molecule has 4 heteroatoms. The zero-order valence-corrected chi connectivity index (χ0v) is 7.77. The summed E-state index contributed by atoms with van der Waals surface area (Å²) >= 11 is 0. The van der Waals surface area contributed by atoms with Crippen LogP contribution in [-0.2, 0) is 10.2 Å². The predicted octanol–water partition coefficient (Wildman–Crippen LogP) is 2.58. The Morgan fingerprint density at radius 2 is 1.57 bits per heavy atom. The lowest BCUT2D eigenvalue weighted by molar-refractivity contribution is -0.111. The second-order valence-electron chi connectivity index (χ2n) is 3.59. The zero-order valence-electron chi connectivity index (χ0n) is 7.77. The highest BCUT2D eigenvalue weighted by Gasteiger charge is 2.23. The van der Waals surface area contributed by atoms with E-state index < -0.39 is 22.9 Å². The lowest BCUT2D eigenvalue weighted by Crippen LogP contribution is -2.19. The summed E-state index contributed by atoms with van der Waals surface area (Å²) in [6, 6.07) is 1.65. The number of hydrogen-bond acceptors (Lipinski definition) is 1. The molecule has 0 unspecified atom stereocenters. The molecule has 0 aliphatic heterocycles. The Labute approximate surface area is 79.5 Å². The van der Waals surface area contributed by atoms with E-state index >= 15 is 0 Å². The monoisotopic (exact) mass is 202 g/mol. The van der Waals surface area contributed by atoms with Crippen LogP contribution in [0.25, 0.3) is 0 Å². The van der Waals surface area contributed by atoms with Gasteiger partial charge < -0.3 is 4.79 Å². The van der Waals surface area contributed by atoms with E-state index in [1.807, 2.05) is 0 Å². The van der Waals surface area contributed by atoms with Crippen LogP contribution in [0.1, 0.15) is 19.4 Å². The summed E-state index contributed by atoms with van der Waals surface area (Å²) < 4.78 is 38.1. The van der Waals surface area contributed by atoms with E-state index in [4.69, 9.17) is 0 Å². The van der Waals surface area contributed by atoms with E-state index in [-0.39, 0.29) is 5.56 Å². The Bertz CT molecular complexity index is 349. The summed E-state index contributed by atoms with van der Waals surface area (Å²) in [6.45, 7) is 2.98. The van der Waals surface area contributed by atoms with Crippen LogP contribution in [0.4, 0.5) is 13.2 Å². The summed E-state index contributed by atoms with van der Waals surface area (Å²) in [5.74, 6) is -4.08. The maximum atomic E-state index is 12.8. The minimum Gasteiger partial charge on any atom is -0.302 e. The van der Waals surface area contributed by atoms with Crippen molar-refractivity contribution >= 4 is 6.29 Å². The lowest BCUT2D eigenvalue weighted by atomic mass is 9.86. The van der Waals surface area contributed by atoms with Crippen LogP contribution >= 0.6 is 0 Å². The summed E-state index contributed by atoms with van der Waals surface area (Å²) in [6.07, 6.45) is 0.555. The number of carbonyl (C=O) groups is 1. The van der Waals surface area contributed by atoms with Crippen molar-refractivity contribution in [2.24, 2.45) is 0 Å². The van der Waals surface area contributed by atoms with Crippen molar-refractivity contribution in [3.05, 3.63) is 35.1 Å². The molecule has 0 atom stereocenters. The molecule has 0 radical (unpaired) electrons. The Balaban J connectivity index is 3.32. The first kappa shape index (κ1) is 10.8. The number of benzene rings is 1. The van der Waals surface area contributed by atoms with Crippen molar-refractivity contribution in [3.63, 3.8) is 0 Å². The van der Waals surface area contributed by atoms with Gasteiger partial charge in [-0.2, -0.15) is 0 Å². The van der Waals surface area contributed by atoms with Gasteiger partial charge in [-0.15, -0.1) is 0 Å². The molecular formula is C10H9F3O. The molecule has 0 aliphatic rings. The predicted molar refractivity (Wildman–Crippen MR) is 45.4 cm³/mol. The van der Waals surface area contributed by atoms with E-state index in [0.29, 0.717) is 6.29 Å². The summed E-state index contributed by atoms with van der Waals surface area (Å²) in [4.78, 5) is 10.6. The first-order chi connectivity index (χ1) is 6.38. The second-order valence-corrected chi connectivity index (χ2v) is 3.59. The topological polar surface area (TPSA) is 17.1 Å². The Morgan fingerprint density at radius 3 is 1.93 bits per heavy atom. The first-order valence-corrected chi connectivity index (χ1v) is 4.00. The summed E-state index contributed by atoms with van der Waals surface area (Å²) in [7, 11) is 0. The second kappa shape index (κ2) is 3.44. The molecule has 0 N–H and O–H groups in total. The molecule has 0 bridgehead atoms. The maximum absolute atomic E-state index is 12.8. The van der Waals surface area contributed by atoms with Gasteiger partial charge in [0.15, 0.2) is 17.5 Å². The molecule has 1 aromatic carbocycles. The standard InChI is InChI=1S/C10H9F3O/c1-10(2,5-14)6-3-7(11)9(13)8(12)4-6/h3-5H,1-2H3. The molecule has 14 heavy (non-hydrogen) atoms. The molecule has 0 fully saturated rings. The van der Waals surface area contributed by atoms with E-state index in [1.54, 1.807) is 0 Å². The smallest absolute Gasteiger partial charge is 0.194 e. The molecule has 0 aliphatic carbocycles. The minimum absolute atomic E-state index is 0.115. The van der Waals surface area contributed by atoms with Crippen LogP contribution in [0.3, 0.4) is 0 Å². The molecule has 0 amide bonds. The minimum atomic E-state index is -1.52. The number of rotatable bonds is 2. The summed E-state index contributed by atoms with van der Waals surface area (Å²) in [5, 5.41) is 0. The third kappa shape index (κ3) is 1.78. The molecule has 0 saturated heterocycles. The van der Waals surface area contributed by atoms with Crippen LogP contribution in [0.2, 0.25) is 0 Å². The molecule has 0 spiro atoms. The van der Waals surface area contributed by atoms with Crippen molar-refractivity contribution in [2.45, 2.75) is 19.3 Å². The number of carbonyl (C=O) groups excluding carboxylic acids is 1. The Morgan fingerprint density at radius 1 is 1.14 bits per heavy atom. The molecule has 0 heterocycles. The van der Waals surface area contributed by atoms with Crippen LogP contribution in [0.5, 0.6) is 0 Å². The van der Waals surface area contributed by atoms with Crippen molar-refractivity contribution in [2.75, 3.05) is 0 Å². The van der Waals surface area contributed by atoms with Crippen LogP contribution in [-0.4, -0.2) is 6.29 Å². The number of aldehydes is 1. The first-order valence-electron chi connectivity index (χ1n) is 4.00. The van der Waals surface area contributed by atoms with Gasteiger partial charge in [0, 0.05) is 5.41 Å². The highest BCUT2D eigenvalue weighted by molar-refractivity contribution is 5.67. The molecule has 1 rings (SSSR count). The van der Waals surface area contributed by atoms with Gasteiger partial charge in [0.25, 0.3) is 0 Å². The van der Waals surface area contributed by atoms with Crippen molar-refractivity contribution < 1.29 is 18.0 Å². The van der Waals surface area contributed by atoms with Gasteiger partial charge in [-0.3, -0.25) is 0 Å². The van der Waals surface area contributed by atoms with Crippen LogP contribution in [0, 0.1) is 17.5 Å². The lowest BCUT2D eigenvalue weighted by Gasteiger charge is -2.17. The normalized spacial score (nSPS) is 11.5. The average molecular weight is 202 g/mol. The highest BCUT2D eigenvalue weighted by atomic mass is 19.2. The van der Waals surface area contributed by atoms with Crippen LogP contribution in [0.15, 0.2) is 12.1 Å². The van der Waals surface area contributed by atoms with E-state index in [2.05, 4.69) is 0 Å². The van der Waals surface area contributed by atoms with Gasteiger partial charge in [0.05, 0.1) is 0 Å². The average Bonchev–Trinajstić information content (AvgIpc) is 2.13. The van der Waals surface area contributed by atoms with E-state index in [0.717, 1.165) is 12.1 Å².